The number of anilines is 1. The molecule has 0 bridgehead atoms. The van der Waals surface area contributed by atoms with Crippen molar-refractivity contribution in [2.24, 2.45) is 11.1 Å². The zero-order valence-electron chi connectivity index (χ0n) is 13.1. The van der Waals surface area contributed by atoms with Gasteiger partial charge < -0.3 is 16.0 Å². The van der Waals surface area contributed by atoms with E-state index in [-0.39, 0.29) is 29.6 Å². The fourth-order valence-corrected chi connectivity index (χ4v) is 2.53. The van der Waals surface area contributed by atoms with Gasteiger partial charge in [0.15, 0.2) is 0 Å². The highest BCUT2D eigenvalue weighted by Crippen LogP contribution is 2.29. The Morgan fingerprint density at radius 2 is 2.14 bits per heavy atom. The third-order valence-electron chi connectivity index (χ3n) is 4.05. The first-order valence-electron chi connectivity index (χ1n) is 7.37. The van der Waals surface area contributed by atoms with Crippen LogP contribution in [0.25, 0.3) is 0 Å². The van der Waals surface area contributed by atoms with Crippen molar-refractivity contribution in [2.45, 2.75) is 26.7 Å². The molecule has 1 aliphatic rings. The van der Waals surface area contributed by atoms with Crippen LogP contribution in [0.2, 0.25) is 0 Å². The van der Waals surface area contributed by atoms with E-state index in [0.29, 0.717) is 30.8 Å². The molecule has 0 saturated carbocycles. The number of carbonyl (C=O) groups excluding carboxylic acids is 2. The number of nitrogens with two attached hydrogens (primary N) is 1. The van der Waals surface area contributed by atoms with Crippen molar-refractivity contribution < 1.29 is 9.59 Å². The van der Waals surface area contributed by atoms with E-state index in [4.69, 9.17) is 5.73 Å². The van der Waals surface area contributed by atoms with E-state index >= 15 is 0 Å². The number of hydrogen-bond donors (Lipinski definition) is 2. The van der Waals surface area contributed by atoms with Gasteiger partial charge in [-0.25, -0.2) is 0 Å². The average molecular weight is 326 g/mol. The van der Waals surface area contributed by atoms with Crippen molar-refractivity contribution in [1.29, 1.82) is 0 Å². The number of amides is 2. The fourth-order valence-electron chi connectivity index (χ4n) is 2.53. The predicted octanol–water partition coefficient (Wildman–Crippen LogP) is 2.27. The maximum absolute atomic E-state index is 12.5. The summed E-state index contributed by atoms with van der Waals surface area (Å²) in [4.78, 5) is 25.8. The number of carbonyl (C=O) groups is 2. The third-order valence-corrected chi connectivity index (χ3v) is 4.05. The summed E-state index contributed by atoms with van der Waals surface area (Å²) in [5.74, 6) is -0.0590. The number of hydrogen-bond acceptors (Lipinski definition) is 3. The Morgan fingerprint density at radius 1 is 1.41 bits per heavy atom. The summed E-state index contributed by atoms with van der Waals surface area (Å²) in [6, 6.07) is 7.09. The Bertz CT molecular complexity index is 550. The summed E-state index contributed by atoms with van der Waals surface area (Å²) in [6.07, 6.45) is 1.35. The molecule has 3 N–H and O–H groups in total. The van der Waals surface area contributed by atoms with Crippen LogP contribution in [0.1, 0.15) is 37.0 Å². The minimum absolute atomic E-state index is 0. The monoisotopic (exact) mass is 325 g/mol. The molecule has 6 heteroatoms. The highest BCUT2D eigenvalue weighted by atomic mass is 35.5. The summed E-state index contributed by atoms with van der Waals surface area (Å²) in [6.45, 7) is 5.91. The van der Waals surface area contributed by atoms with E-state index in [2.05, 4.69) is 12.2 Å². The van der Waals surface area contributed by atoms with Crippen LogP contribution >= 0.6 is 12.4 Å². The summed E-state index contributed by atoms with van der Waals surface area (Å²) >= 11 is 0. The second kappa shape index (κ2) is 7.61. The van der Waals surface area contributed by atoms with Crippen LogP contribution in [0.4, 0.5) is 5.69 Å². The quantitative estimate of drug-likeness (QED) is 0.891. The first-order chi connectivity index (χ1) is 9.97. The van der Waals surface area contributed by atoms with Crippen LogP contribution in [0.5, 0.6) is 0 Å². The van der Waals surface area contributed by atoms with E-state index < -0.39 is 0 Å². The predicted molar refractivity (Wildman–Crippen MR) is 90.3 cm³/mol. The maximum atomic E-state index is 12.5. The molecule has 2 rings (SSSR count). The normalized spacial score (nSPS) is 20.4. The molecule has 0 radical (unpaired) electrons. The number of halogens is 1. The first kappa shape index (κ1) is 18.5. The zero-order chi connectivity index (χ0) is 15.5. The molecule has 1 fully saturated rings. The van der Waals surface area contributed by atoms with Crippen molar-refractivity contribution in [2.75, 3.05) is 25.0 Å². The second-order valence-corrected chi connectivity index (χ2v) is 5.97. The molecular formula is C16H24ClN3O2. The van der Waals surface area contributed by atoms with Gasteiger partial charge in [-0.05, 0) is 36.6 Å². The molecule has 22 heavy (non-hydrogen) atoms. The smallest absolute Gasteiger partial charge is 0.253 e. The summed E-state index contributed by atoms with van der Waals surface area (Å²) in [5.41, 5.74) is 7.06. The van der Waals surface area contributed by atoms with Crippen molar-refractivity contribution in [3.63, 3.8) is 0 Å². The van der Waals surface area contributed by atoms with Crippen LogP contribution in [0.15, 0.2) is 24.3 Å². The van der Waals surface area contributed by atoms with Crippen molar-refractivity contribution >= 4 is 29.9 Å². The zero-order valence-corrected chi connectivity index (χ0v) is 13.9. The summed E-state index contributed by atoms with van der Waals surface area (Å²) in [5, 5.41) is 2.78. The Hall–Kier alpha value is -1.59. The highest BCUT2D eigenvalue weighted by Gasteiger charge is 2.35. The Kier molecular flexibility index (Phi) is 6.38. The van der Waals surface area contributed by atoms with E-state index in [9.17, 15) is 9.59 Å². The lowest BCUT2D eigenvalue weighted by Gasteiger charge is -2.22. The molecule has 0 aliphatic carbocycles. The van der Waals surface area contributed by atoms with E-state index in [1.54, 1.807) is 31.2 Å². The molecule has 1 aliphatic heterocycles. The van der Waals surface area contributed by atoms with E-state index in [1.807, 2.05) is 4.90 Å². The highest BCUT2D eigenvalue weighted by molar-refractivity contribution is 5.97. The first-order valence-corrected chi connectivity index (χ1v) is 7.37. The molecule has 1 aromatic rings. The van der Waals surface area contributed by atoms with Gasteiger partial charge in [-0.3, -0.25) is 9.59 Å². The molecule has 1 saturated heterocycles. The topological polar surface area (TPSA) is 75.4 Å². The molecule has 5 nitrogen and oxygen atoms in total. The maximum Gasteiger partial charge on any atom is 0.253 e. The van der Waals surface area contributed by atoms with E-state index in [0.717, 1.165) is 13.0 Å². The number of likely N-dealkylation sites (tertiary alicyclic amines) is 1. The van der Waals surface area contributed by atoms with Gasteiger partial charge >= 0.3 is 0 Å². The van der Waals surface area contributed by atoms with Crippen molar-refractivity contribution in [1.82, 2.24) is 4.90 Å². The standard InChI is InChI=1S/C16H23N3O2.ClH/c1-3-14(20)18-13-6-4-5-12(9-13)15(21)19-8-7-16(2,10-17)11-19;/h4-6,9H,3,7-8,10-11,17H2,1-2H3,(H,18,20);1H. The Balaban J connectivity index is 0.00000242. The van der Waals surface area contributed by atoms with Crippen molar-refractivity contribution in [3.05, 3.63) is 29.8 Å². The molecule has 1 aromatic carbocycles. The molecule has 0 aromatic heterocycles. The lowest BCUT2D eigenvalue weighted by molar-refractivity contribution is -0.115. The number of benzene rings is 1. The Morgan fingerprint density at radius 3 is 2.73 bits per heavy atom. The van der Waals surface area contributed by atoms with Gasteiger partial charge in [-0.2, -0.15) is 0 Å². The number of rotatable bonds is 4. The molecule has 1 heterocycles. The van der Waals surface area contributed by atoms with Crippen LogP contribution < -0.4 is 11.1 Å². The molecule has 0 spiro atoms. The third kappa shape index (κ3) is 4.21. The van der Waals surface area contributed by atoms with Crippen molar-refractivity contribution in [3.8, 4) is 0 Å². The molecule has 1 unspecified atom stereocenters. The minimum atomic E-state index is -0.0588. The molecule has 1 atom stereocenters. The second-order valence-electron chi connectivity index (χ2n) is 5.97. The molecular weight excluding hydrogens is 302 g/mol. The van der Waals surface area contributed by atoms with Crippen LogP contribution in [0, 0.1) is 5.41 Å². The number of nitrogens with one attached hydrogen (secondary N) is 1. The summed E-state index contributed by atoms with van der Waals surface area (Å²) < 4.78 is 0. The van der Waals surface area contributed by atoms with Crippen LogP contribution in [0.3, 0.4) is 0 Å². The van der Waals surface area contributed by atoms with Gasteiger partial charge in [-0.15, -0.1) is 12.4 Å². The lowest BCUT2D eigenvalue weighted by atomic mass is 9.90. The Labute approximate surface area is 137 Å². The molecule has 122 valence electrons. The lowest BCUT2D eigenvalue weighted by Crippen LogP contribution is -2.34. The van der Waals surface area contributed by atoms with Gasteiger partial charge in [0.05, 0.1) is 0 Å². The number of nitrogens with zero attached hydrogens (tertiary/aromatic N) is 1. The van der Waals surface area contributed by atoms with Gasteiger partial charge in [0, 0.05) is 30.8 Å². The van der Waals surface area contributed by atoms with E-state index in [1.165, 1.54) is 0 Å². The van der Waals surface area contributed by atoms with Crippen LogP contribution in [-0.4, -0.2) is 36.3 Å². The fraction of sp³-hybridized carbons (Fsp3) is 0.500. The minimum Gasteiger partial charge on any atom is -0.338 e. The van der Waals surface area contributed by atoms with Gasteiger partial charge in [0.1, 0.15) is 0 Å². The van der Waals surface area contributed by atoms with Gasteiger partial charge in [0.2, 0.25) is 5.91 Å². The summed E-state index contributed by atoms with van der Waals surface area (Å²) in [7, 11) is 0. The van der Waals surface area contributed by atoms with Gasteiger partial charge in [-0.1, -0.05) is 19.9 Å². The largest absolute Gasteiger partial charge is 0.338 e. The van der Waals surface area contributed by atoms with Crippen LogP contribution in [-0.2, 0) is 4.79 Å². The van der Waals surface area contributed by atoms with Gasteiger partial charge in [0.25, 0.3) is 5.91 Å². The SMILES string of the molecule is CCC(=O)Nc1cccc(C(=O)N2CCC(C)(CN)C2)c1.Cl. The molecule has 2 amide bonds. The average Bonchev–Trinajstić information content (AvgIpc) is 2.90.